The van der Waals surface area contributed by atoms with Crippen LogP contribution in [0, 0.1) is 22.6 Å². The van der Waals surface area contributed by atoms with Gasteiger partial charge in [0.15, 0.2) is 0 Å². The molecule has 0 spiro atoms. The molecule has 0 unspecified atom stereocenters. The molecule has 1 heterocycles. The molecule has 0 radical (unpaired) electrons. The first kappa shape index (κ1) is 22.8. The van der Waals surface area contributed by atoms with E-state index in [0.717, 1.165) is 18.8 Å². The highest BCUT2D eigenvalue weighted by atomic mass is 19.1. The third-order valence-corrected chi connectivity index (χ3v) is 5.64. The molecule has 2 aromatic rings. The summed E-state index contributed by atoms with van der Waals surface area (Å²) in [6, 6.07) is 15.0. The number of hydrogen-bond acceptors (Lipinski definition) is 6. The second-order valence-electron chi connectivity index (χ2n) is 7.70. The Bertz CT molecular complexity index is 1030. The van der Waals surface area contributed by atoms with Gasteiger partial charge in [-0.05, 0) is 61.4 Å². The van der Waals surface area contributed by atoms with Gasteiger partial charge in [0, 0.05) is 37.2 Å². The van der Waals surface area contributed by atoms with E-state index >= 15 is 0 Å². The molecule has 0 saturated carbocycles. The third-order valence-electron chi connectivity index (χ3n) is 5.64. The number of amidine groups is 1. The van der Waals surface area contributed by atoms with E-state index in [1.165, 1.54) is 30.5 Å². The van der Waals surface area contributed by atoms with Crippen LogP contribution >= 0.6 is 0 Å². The molecular weight excluding hydrogens is 409 g/mol. The molecule has 1 aliphatic rings. The van der Waals surface area contributed by atoms with Gasteiger partial charge in [-0.3, -0.25) is 10.2 Å². The highest BCUT2D eigenvalue weighted by Crippen LogP contribution is 2.26. The third kappa shape index (κ3) is 5.42. The lowest BCUT2D eigenvalue weighted by Gasteiger charge is -2.42. The normalized spacial score (nSPS) is 15.5. The van der Waals surface area contributed by atoms with Crippen LogP contribution in [0.3, 0.4) is 0 Å². The molecule has 3 rings (SSSR count). The first-order valence-corrected chi connectivity index (χ1v) is 10.2. The van der Waals surface area contributed by atoms with Crippen molar-refractivity contribution < 1.29 is 9.18 Å². The second kappa shape index (κ2) is 9.94. The summed E-state index contributed by atoms with van der Waals surface area (Å²) in [5.41, 5.74) is 13.2. The molecule has 2 aromatic carbocycles. The van der Waals surface area contributed by atoms with Crippen LogP contribution in [0.2, 0.25) is 0 Å². The zero-order valence-electron chi connectivity index (χ0n) is 17.6. The van der Waals surface area contributed by atoms with Crippen molar-refractivity contribution in [3.05, 3.63) is 71.7 Å². The van der Waals surface area contributed by atoms with Crippen molar-refractivity contribution in [2.45, 2.75) is 18.4 Å². The average Bonchev–Trinajstić information content (AvgIpc) is 2.81. The Hall–Kier alpha value is -3.90. The van der Waals surface area contributed by atoms with Crippen LogP contribution in [0.25, 0.3) is 0 Å². The number of primary amides is 1. The maximum atomic E-state index is 13.1. The Labute approximate surface area is 186 Å². The van der Waals surface area contributed by atoms with Crippen molar-refractivity contribution in [1.82, 2.24) is 5.32 Å². The summed E-state index contributed by atoms with van der Waals surface area (Å²) in [6.45, 7) is 1.82. The van der Waals surface area contributed by atoms with E-state index in [9.17, 15) is 9.18 Å². The Morgan fingerprint density at radius 3 is 2.34 bits per heavy atom. The second-order valence-corrected chi connectivity index (χ2v) is 7.70. The number of hydrogen-bond donors (Lipinski definition) is 5. The summed E-state index contributed by atoms with van der Waals surface area (Å²) < 4.78 is 13.1. The number of nitrogens with zero attached hydrogens (tertiary/aromatic N) is 2. The number of halogens is 1. The van der Waals surface area contributed by atoms with Gasteiger partial charge in [0.05, 0.1) is 22.7 Å². The molecule has 7 N–H and O–H groups in total. The number of anilines is 2. The minimum atomic E-state index is -0.765. The highest BCUT2D eigenvalue weighted by molar-refractivity contribution is 6.23. The summed E-state index contributed by atoms with van der Waals surface area (Å²) in [7, 11) is 0. The van der Waals surface area contributed by atoms with E-state index in [4.69, 9.17) is 22.1 Å². The van der Waals surface area contributed by atoms with Gasteiger partial charge < -0.3 is 27.0 Å². The molecule has 1 amide bonds. The van der Waals surface area contributed by atoms with Crippen molar-refractivity contribution >= 4 is 23.1 Å². The number of nitriles is 1. The topological polar surface area (TPSA) is 144 Å². The predicted octanol–water partition coefficient (Wildman–Crippen LogP) is 2.04. The molecule has 32 heavy (non-hydrogen) atoms. The number of rotatable bonds is 7. The fourth-order valence-corrected chi connectivity index (χ4v) is 3.58. The molecule has 166 valence electrons. The highest BCUT2D eigenvalue weighted by Gasteiger charge is 2.33. The fourth-order valence-electron chi connectivity index (χ4n) is 3.58. The summed E-state index contributed by atoms with van der Waals surface area (Å²) in [6.07, 6.45) is 2.86. The minimum Gasteiger partial charge on any atom is -0.383 e. The predicted molar refractivity (Wildman–Crippen MR) is 123 cm³/mol. The number of nitrogens with one attached hydrogen (secondary N) is 3. The monoisotopic (exact) mass is 435 g/mol. The van der Waals surface area contributed by atoms with E-state index in [1.807, 2.05) is 12.1 Å². The van der Waals surface area contributed by atoms with Crippen molar-refractivity contribution in [3.8, 4) is 6.07 Å². The van der Waals surface area contributed by atoms with E-state index < -0.39 is 17.3 Å². The molecule has 1 aliphatic heterocycles. The van der Waals surface area contributed by atoms with Crippen LogP contribution in [-0.2, 0) is 4.79 Å². The number of benzene rings is 2. The molecule has 9 heteroatoms. The van der Waals surface area contributed by atoms with E-state index in [0.29, 0.717) is 30.6 Å². The Kier molecular flexibility index (Phi) is 7.07. The molecule has 0 bridgehead atoms. The van der Waals surface area contributed by atoms with Crippen LogP contribution < -0.4 is 27.0 Å². The van der Waals surface area contributed by atoms with Crippen LogP contribution in [0.15, 0.2) is 60.3 Å². The average molecular weight is 436 g/mol. The van der Waals surface area contributed by atoms with Crippen molar-refractivity contribution in [2.24, 2.45) is 11.5 Å². The maximum absolute atomic E-state index is 13.1. The van der Waals surface area contributed by atoms with Crippen LogP contribution in [-0.4, -0.2) is 36.9 Å². The van der Waals surface area contributed by atoms with Crippen LogP contribution in [0.5, 0.6) is 0 Å². The standard InChI is InChI=1S/C23H26FN7O/c24-17-3-5-18(6-4-17)30-21(27)20(22(28)32)14-29-23(15-26)9-11-31(12-10-23)19-7-1-16(13-25)2-8-19/h1-8,14,29H,9-12,15,26H2,(H2,27,30)(H2,28,32)/b20-14+. The molecule has 0 aromatic heterocycles. The number of carbonyl (C=O) groups is 1. The molecular formula is C23H26FN7O. The fraction of sp³-hybridized carbons (Fsp3) is 0.261. The van der Waals surface area contributed by atoms with Crippen LogP contribution in [0.1, 0.15) is 18.4 Å². The first-order chi connectivity index (χ1) is 15.4. The lowest BCUT2D eigenvalue weighted by Crippen LogP contribution is -2.56. The minimum absolute atomic E-state index is 0.0309. The number of amides is 1. The lowest BCUT2D eigenvalue weighted by atomic mass is 9.87. The Morgan fingerprint density at radius 2 is 1.81 bits per heavy atom. The van der Waals surface area contributed by atoms with Crippen molar-refractivity contribution in [1.29, 1.82) is 10.7 Å². The Morgan fingerprint density at radius 1 is 1.19 bits per heavy atom. The summed E-state index contributed by atoms with van der Waals surface area (Å²) in [5, 5.41) is 23.1. The number of carbonyl (C=O) groups excluding carboxylic acids is 1. The molecule has 0 atom stereocenters. The quantitative estimate of drug-likeness (QED) is 0.256. The van der Waals surface area contributed by atoms with Gasteiger partial charge in [0.1, 0.15) is 11.7 Å². The van der Waals surface area contributed by atoms with Crippen molar-refractivity contribution in [3.63, 3.8) is 0 Å². The largest absolute Gasteiger partial charge is 0.383 e. The molecule has 1 fully saturated rings. The summed E-state index contributed by atoms with van der Waals surface area (Å²) in [5.74, 6) is -1.36. The zero-order valence-corrected chi connectivity index (χ0v) is 17.6. The zero-order chi connectivity index (χ0) is 23.1. The summed E-state index contributed by atoms with van der Waals surface area (Å²) >= 11 is 0. The van der Waals surface area contributed by atoms with Gasteiger partial charge in [0.2, 0.25) is 0 Å². The molecule has 8 nitrogen and oxygen atoms in total. The lowest BCUT2D eigenvalue weighted by molar-refractivity contribution is -0.114. The SMILES string of the molecule is N#Cc1ccc(N2CCC(CN)(N/C=C(\C(=N)Nc3ccc(F)cc3)C(N)=O)CC2)cc1. The smallest absolute Gasteiger partial charge is 0.253 e. The first-order valence-electron chi connectivity index (χ1n) is 10.2. The van der Waals surface area contributed by atoms with E-state index in [1.54, 1.807) is 12.1 Å². The van der Waals surface area contributed by atoms with Gasteiger partial charge in [-0.15, -0.1) is 0 Å². The van der Waals surface area contributed by atoms with Gasteiger partial charge in [0.25, 0.3) is 5.91 Å². The maximum Gasteiger partial charge on any atom is 0.253 e. The Balaban J connectivity index is 1.67. The number of piperidine rings is 1. The van der Waals surface area contributed by atoms with Gasteiger partial charge >= 0.3 is 0 Å². The summed E-state index contributed by atoms with van der Waals surface area (Å²) in [4.78, 5) is 14.2. The molecule has 1 saturated heterocycles. The van der Waals surface area contributed by atoms with E-state index in [2.05, 4.69) is 21.6 Å². The molecule has 0 aliphatic carbocycles. The van der Waals surface area contributed by atoms with Gasteiger partial charge in [-0.25, -0.2) is 4.39 Å². The number of nitrogens with two attached hydrogens (primary N) is 2. The van der Waals surface area contributed by atoms with Gasteiger partial charge in [-0.1, -0.05) is 0 Å². The van der Waals surface area contributed by atoms with Crippen molar-refractivity contribution in [2.75, 3.05) is 29.9 Å². The van der Waals surface area contributed by atoms with E-state index in [-0.39, 0.29) is 11.4 Å². The van der Waals surface area contributed by atoms with Crippen LogP contribution in [0.4, 0.5) is 15.8 Å². The van der Waals surface area contributed by atoms with Gasteiger partial charge in [-0.2, -0.15) is 5.26 Å².